The first-order valence-corrected chi connectivity index (χ1v) is 10.4. The molecule has 26 heavy (non-hydrogen) atoms. The fourth-order valence-electron chi connectivity index (χ4n) is 3.55. The number of fused-ring (bicyclic) bond motifs is 1. The van der Waals surface area contributed by atoms with Gasteiger partial charge >= 0.3 is 0 Å². The van der Waals surface area contributed by atoms with Gasteiger partial charge in [0.05, 0.1) is 11.4 Å². The Morgan fingerprint density at radius 3 is 2.85 bits per heavy atom. The highest BCUT2D eigenvalue weighted by molar-refractivity contribution is 7.10. The lowest BCUT2D eigenvalue weighted by Gasteiger charge is -2.31. The largest absolute Gasteiger partial charge is 0.347 e. The van der Waals surface area contributed by atoms with E-state index in [0.29, 0.717) is 12.1 Å². The topological polar surface area (TPSA) is 33.5 Å². The predicted molar refractivity (Wildman–Crippen MR) is 103 cm³/mol. The van der Waals surface area contributed by atoms with Gasteiger partial charge in [0.1, 0.15) is 11.9 Å². The molecule has 3 nitrogen and oxygen atoms in total. The summed E-state index contributed by atoms with van der Waals surface area (Å²) in [7, 11) is 0. The lowest BCUT2D eigenvalue weighted by atomic mass is 9.98. The number of halogens is 1. The summed E-state index contributed by atoms with van der Waals surface area (Å²) in [6, 6.07) is 13.2. The van der Waals surface area contributed by atoms with Gasteiger partial charge in [-0.15, -0.1) is 22.7 Å². The summed E-state index contributed by atoms with van der Waals surface area (Å²) in [5.74, 6) is -0.319. The number of hydrogen-bond donors (Lipinski definition) is 2. The number of amides is 1. The molecule has 1 aliphatic heterocycles. The van der Waals surface area contributed by atoms with E-state index in [1.54, 1.807) is 40.9 Å². The molecule has 3 aromatic rings. The van der Waals surface area contributed by atoms with Gasteiger partial charge in [-0.2, -0.15) is 0 Å². The first-order chi connectivity index (χ1) is 12.7. The van der Waals surface area contributed by atoms with Gasteiger partial charge in [-0.1, -0.05) is 24.3 Å². The molecular weight excluding hydrogens is 367 g/mol. The Bertz CT molecular complexity index is 891. The minimum atomic E-state index is -0.280. The number of benzene rings is 1. The molecule has 0 saturated carbocycles. The monoisotopic (exact) mass is 387 g/mol. The first-order valence-electron chi connectivity index (χ1n) is 8.66. The smallest absolute Gasteiger partial charge is 0.275 e. The molecule has 0 fully saturated rings. The molecule has 2 aromatic heterocycles. The van der Waals surface area contributed by atoms with Gasteiger partial charge in [0.25, 0.3) is 5.91 Å². The average Bonchev–Trinajstić information content (AvgIpc) is 3.32. The molecule has 134 valence electrons. The lowest BCUT2D eigenvalue weighted by Crippen LogP contribution is -3.14. The zero-order valence-corrected chi connectivity index (χ0v) is 15.8. The molecular formula is C20H20FN2OS2+. The molecule has 0 aliphatic carbocycles. The van der Waals surface area contributed by atoms with Crippen molar-refractivity contribution in [3.63, 3.8) is 0 Å². The van der Waals surface area contributed by atoms with Crippen LogP contribution in [0.25, 0.3) is 0 Å². The Hall–Kier alpha value is -2.02. The van der Waals surface area contributed by atoms with E-state index in [1.165, 1.54) is 26.3 Å². The Balaban J connectivity index is 1.46. The molecule has 4 rings (SSSR count). The van der Waals surface area contributed by atoms with E-state index in [1.807, 2.05) is 0 Å². The second-order valence-electron chi connectivity index (χ2n) is 6.45. The quantitative estimate of drug-likeness (QED) is 0.694. The molecule has 1 aliphatic rings. The molecule has 2 N–H and O–H groups in total. The third kappa shape index (κ3) is 3.58. The Morgan fingerprint density at radius 1 is 1.15 bits per heavy atom. The molecule has 0 bridgehead atoms. The summed E-state index contributed by atoms with van der Waals surface area (Å²) >= 11 is 3.55. The van der Waals surface area contributed by atoms with Crippen LogP contribution in [-0.2, 0) is 17.8 Å². The fraction of sp³-hybridized carbons (Fsp3) is 0.250. The Kier molecular flexibility index (Phi) is 5.15. The van der Waals surface area contributed by atoms with Crippen LogP contribution in [0.2, 0.25) is 0 Å². The van der Waals surface area contributed by atoms with E-state index in [4.69, 9.17) is 0 Å². The van der Waals surface area contributed by atoms with E-state index in [0.717, 1.165) is 13.0 Å². The third-order valence-corrected chi connectivity index (χ3v) is 6.76. The number of thiophene rings is 2. The van der Waals surface area contributed by atoms with Crippen LogP contribution in [-0.4, -0.2) is 19.0 Å². The van der Waals surface area contributed by atoms with Crippen molar-refractivity contribution < 1.29 is 14.1 Å². The lowest BCUT2D eigenvalue weighted by molar-refractivity contribution is -0.919. The average molecular weight is 388 g/mol. The van der Waals surface area contributed by atoms with Gasteiger partial charge in [-0.3, -0.25) is 4.79 Å². The molecule has 0 radical (unpaired) electrons. The second kappa shape index (κ2) is 7.70. The summed E-state index contributed by atoms with van der Waals surface area (Å²) in [6.07, 6.45) is 1.00. The van der Waals surface area contributed by atoms with Crippen LogP contribution >= 0.6 is 22.7 Å². The number of rotatable bonds is 5. The van der Waals surface area contributed by atoms with E-state index >= 15 is 0 Å². The van der Waals surface area contributed by atoms with Crippen LogP contribution in [0, 0.1) is 5.82 Å². The van der Waals surface area contributed by atoms with Crippen LogP contribution < -0.4 is 10.2 Å². The van der Waals surface area contributed by atoms with Crippen LogP contribution in [0.15, 0.2) is 53.2 Å². The van der Waals surface area contributed by atoms with E-state index in [2.05, 4.69) is 34.3 Å². The number of quaternary nitrogens is 1. The standard InChI is InChI=1S/C20H19FN2OS2/c21-16-5-2-1-4-14(16)12-22-19(24)13-23-9-7-17-15(8-11-26-17)20(23)18-6-3-10-25-18/h1-6,8,10-11,20H,7,9,12-13H2,(H,22,24)/p+1/t20-/m1/s1. The maximum absolute atomic E-state index is 13.7. The van der Waals surface area contributed by atoms with Crippen LogP contribution in [0.1, 0.15) is 26.9 Å². The van der Waals surface area contributed by atoms with Crippen molar-refractivity contribution in [2.75, 3.05) is 13.1 Å². The molecule has 1 unspecified atom stereocenters. The van der Waals surface area contributed by atoms with Gasteiger partial charge in [-0.05, 0) is 29.0 Å². The van der Waals surface area contributed by atoms with Crippen molar-refractivity contribution in [3.8, 4) is 0 Å². The predicted octanol–water partition coefficient (Wildman–Crippen LogP) is 2.80. The molecule has 0 spiro atoms. The Morgan fingerprint density at radius 2 is 2.04 bits per heavy atom. The molecule has 0 saturated heterocycles. The number of hydrogen-bond acceptors (Lipinski definition) is 3. The minimum Gasteiger partial charge on any atom is -0.347 e. The summed E-state index contributed by atoms with van der Waals surface area (Å²) in [6.45, 7) is 1.56. The molecule has 2 atom stereocenters. The molecule has 6 heteroatoms. The molecule has 1 amide bonds. The van der Waals surface area contributed by atoms with Crippen molar-refractivity contribution in [2.45, 2.75) is 19.0 Å². The highest BCUT2D eigenvalue weighted by Gasteiger charge is 2.35. The van der Waals surface area contributed by atoms with Crippen molar-refractivity contribution in [1.82, 2.24) is 5.32 Å². The van der Waals surface area contributed by atoms with Crippen LogP contribution in [0.4, 0.5) is 4.39 Å². The summed E-state index contributed by atoms with van der Waals surface area (Å²) < 4.78 is 13.7. The van der Waals surface area contributed by atoms with Gasteiger partial charge < -0.3 is 10.2 Å². The second-order valence-corrected chi connectivity index (χ2v) is 8.43. The van der Waals surface area contributed by atoms with Gasteiger partial charge in [0.2, 0.25) is 0 Å². The van der Waals surface area contributed by atoms with Crippen LogP contribution in [0.3, 0.4) is 0 Å². The van der Waals surface area contributed by atoms with Gasteiger partial charge in [0.15, 0.2) is 6.54 Å². The summed E-state index contributed by atoms with van der Waals surface area (Å²) in [5.41, 5.74) is 1.87. The fourth-order valence-corrected chi connectivity index (χ4v) is 5.38. The number of carbonyl (C=O) groups is 1. The van der Waals surface area contributed by atoms with Crippen molar-refractivity contribution >= 4 is 28.6 Å². The maximum Gasteiger partial charge on any atom is 0.275 e. The maximum atomic E-state index is 13.7. The highest BCUT2D eigenvalue weighted by Crippen LogP contribution is 2.31. The van der Waals surface area contributed by atoms with E-state index in [9.17, 15) is 9.18 Å². The summed E-state index contributed by atoms with van der Waals surface area (Å²) in [4.78, 5) is 16.5. The normalized spacial score (nSPS) is 19.1. The number of nitrogens with one attached hydrogen (secondary N) is 2. The van der Waals surface area contributed by atoms with Crippen molar-refractivity contribution in [1.29, 1.82) is 0 Å². The summed E-state index contributed by atoms with van der Waals surface area (Å²) in [5, 5.41) is 7.11. The SMILES string of the molecule is O=C(C[NH+]1CCc2sccc2[C@@H]1c1cccs1)NCc1ccccc1F. The first kappa shape index (κ1) is 17.4. The highest BCUT2D eigenvalue weighted by atomic mass is 32.1. The van der Waals surface area contributed by atoms with Gasteiger partial charge in [0, 0.05) is 29.0 Å². The van der Waals surface area contributed by atoms with E-state index in [-0.39, 0.29) is 24.3 Å². The molecule has 3 heterocycles. The van der Waals surface area contributed by atoms with E-state index < -0.39 is 0 Å². The van der Waals surface area contributed by atoms with Crippen molar-refractivity contribution in [3.05, 3.63) is 79.9 Å². The Labute approximate surface area is 160 Å². The minimum absolute atomic E-state index is 0.0384. The van der Waals surface area contributed by atoms with Gasteiger partial charge in [-0.25, -0.2) is 4.39 Å². The zero-order valence-electron chi connectivity index (χ0n) is 14.2. The third-order valence-electron chi connectivity index (χ3n) is 4.82. The zero-order chi connectivity index (χ0) is 17.9. The van der Waals surface area contributed by atoms with Crippen LogP contribution in [0.5, 0.6) is 0 Å². The van der Waals surface area contributed by atoms with Crippen molar-refractivity contribution in [2.24, 2.45) is 0 Å². The molecule has 1 aromatic carbocycles. The number of carbonyl (C=O) groups excluding carboxylic acids is 1.